The van der Waals surface area contributed by atoms with E-state index in [9.17, 15) is 4.79 Å². The largest absolute Gasteiger partial charge is 0.355 e. The summed E-state index contributed by atoms with van der Waals surface area (Å²) in [7, 11) is 0. The van der Waals surface area contributed by atoms with Gasteiger partial charge < -0.3 is 11.1 Å². The number of carbonyl (C=O) groups is 1. The summed E-state index contributed by atoms with van der Waals surface area (Å²) in [6.45, 7) is 0.659. The zero-order valence-electron chi connectivity index (χ0n) is 9.50. The number of hydrogen-bond donors (Lipinski definition) is 2. The minimum Gasteiger partial charge on any atom is -0.355 e. The maximum Gasteiger partial charge on any atom is 0.220 e. The molecule has 1 rings (SSSR count). The van der Waals surface area contributed by atoms with Crippen molar-refractivity contribution in [3.05, 3.63) is 0 Å². The van der Waals surface area contributed by atoms with E-state index in [4.69, 9.17) is 5.73 Å². The Labute approximate surface area is 96.6 Å². The first-order chi connectivity index (χ1) is 7.24. The van der Waals surface area contributed by atoms with Gasteiger partial charge in [0.05, 0.1) is 0 Å². The van der Waals surface area contributed by atoms with Crippen molar-refractivity contribution in [3.8, 4) is 0 Å². The van der Waals surface area contributed by atoms with Crippen LogP contribution in [0.25, 0.3) is 0 Å². The van der Waals surface area contributed by atoms with E-state index >= 15 is 0 Å². The molecule has 0 saturated heterocycles. The van der Waals surface area contributed by atoms with Crippen LogP contribution in [0, 0.1) is 5.92 Å². The van der Waals surface area contributed by atoms with E-state index in [2.05, 4.69) is 11.6 Å². The third-order valence-electron chi connectivity index (χ3n) is 2.76. The molecule has 3 nitrogen and oxygen atoms in total. The second-order valence-electron chi connectivity index (χ2n) is 4.26. The third kappa shape index (κ3) is 6.05. The van der Waals surface area contributed by atoms with Crippen LogP contribution in [0.5, 0.6) is 0 Å². The Hall–Kier alpha value is -0.220. The smallest absolute Gasteiger partial charge is 0.220 e. The lowest BCUT2D eigenvalue weighted by atomic mass is 10.2. The highest BCUT2D eigenvalue weighted by atomic mass is 32.2. The summed E-state index contributed by atoms with van der Waals surface area (Å²) in [4.78, 5) is 11.4. The maximum absolute atomic E-state index is 11.4. The monoisotopic (exact) mass is 230 g/mol. The van der Waals surface area contributed by atoms with Gasteiger partial charge in [-0.1, -0.05) is 0 Å². The van der Waals surface area contributed by atoms with E-state index in [1.165, 1.54) is 12.8 Å². The molecule has 15 heavy (non-hydrogen) atoms. The molecule has 0 heterocycles. The van der Waals surface area contributed by atoms with Crippen LogP contribution in [0.2, 0.25) is 0 Å². The lowest BCUT2D eigenvalue weighted by molar-refractivity contribution is -0.121. The number of amides is 1. The Morgan fingerprint density at radius 1 is 1.53 bits per heavy atom. The number of nitrogens with one attached hydrogen (secondary N) is 1. The molecule has 0 aromatic carbocycles. The van der Waals surface area contributed by atoms with Crippen LogP contribution < -0.4 is 11.1 Å². The standard InChI is InChI=1S/C11H22N2OS/c1-15-7-3-2-4-11(14)13-8-10(12)9-5-6-9/h9-10H,2-8,12H2,1H3,(H,13,14). The molecule has 1 aliphatic carbocycles. The summed E-state index contributed by atoms with van der Waals surface area (Å²) in [6.07, 6.45) is 7.34. The molecule has 0 bridgehead atoms. The fraction of sp³-hybridized carbons (Fsp3) is 0.909. The van der Waals surface area contributed by atoms with E-state index in [1.807, 2.05) is 11.8 Å². The quantitative estimate of drug-likeness (QED) is 0.619. The van der Waals surface area contributed by atoms with Gasteiger partial charge in [-0.25, -0.2) is 0 Å². The van der Waals surface area contributed by atoms with Crippen molar-refractivity contribution in [2.24, 2.45) is 11.7 Å². The van der Waals surface area contributed by atoms with E-state index < -0.39 is 0 Å². The lowest BCUT2D eigenvalue weighted by Crippen LogP contribution is -2.38. The zero-order valence-corrected chi connectivity index (χ0v) is 10.3. The number of carbonyl (C=O) groups excluding carboxylic acids is 1. The Morgan fingerprint density at radius 3 is 2.87 bits per heavy atom. The Morgan fingerprint density at radius 2 is 2.27 bits per heavy atom. The summed E-state index contributed by atoms with van der Waals surface area (Å²) in [5.74, 6) is 1.98. The molecule has 1 unspecified atom stereocenters. The molecule has 0 aromatic heterocycles. The number of rotatable bonds is 8. The number of unbranched alkanes of at least 4 members (excludes halogenated alkanes) is 1. The minimum absolute atomic E-state index is 0.159. The molecule has 1 fully saturated rings. The summed E-state index contributed by atoms with van der Waals surface area (Å²) < 4.78 is 0. The van der Waals surface area contributed by atoms with Gasteiger partial charge in [-0.3, -0.25) is 4.79 Å². The molecule has 88 valence electrons. The van der Waals surface area contributed by atoms with Gasteiger partial charge in [-0.15, -0.1) is 0 Å². The molecule has 0 aliphatic heterocycles. The zero-order chi connectivity index (χ0) is 11.1. The molecule has 0 radical (unpaired) electrons. The van der Waals surface area contributed by atoms with Crippen LogP contribution in [0.4, 0.5) is 0 Å². The summed E-state index contributed by atoms with van der Waals surface area (Å²) in [6, 6.07) is 0.181. The van der Waals surface area contributed by atoms with Crippen molar-refractivity contribution in [2.75, 3.05) is 18.6 Å². The van der Waals surface area contributed by atoms with E-state index in [1.54, 1.807) is 0 Å². The molecular weight excluding hydrogens is 208 g/mol. The van der Waals surface area contributed by atoms with Crippen LogP contribution in [0.1, 0.15) is 32.1 Å². The molecule has 1 aliphatic rings. The minimum atomic E-state index is 0.159. The van der Waals surface area contributed by atoms with Crippen LogP contribution >= 0.6 is 11.8 Å². The Balaban J connectivity index is 1.93. The normalized spacial score (nSPS) is 17.5. The molecule has 0 spiro atoms. The highest BCUT2D eigenvalue weighted by Crippen LogP contribution is 2.31. The fourth-order valence-corrected chi connectivity index (χ4v) is 2.04. The first kappa shape index (κ1) is 12.8. The Bertz CT molecular complexity index is 195. The first-order valence-corrected chi connectivity index (χ1v) is 7.14. The van der Waals surface area contributed by atoms with Gasteiger partial charge in [-0.05, 0) is 43.6 Å². The van der Waals surface area contributed by atoms with Crippen molar-refractivity contribution in [3.63, 3.8) is 0 Å². The highest BCUT2D eigenvalue weighted by Gasteiger charge is 2.28. The molecule has 3 N–H and O–H groups in total. The van der Waals surface area contributed by atoms with Crippen LogP contribution in [0.3, 0.4) is 0 Å². The molecule has 4 heteroatoms. The van der Waals surface area contributed by atoms with Crippen molar-refractivity contribution >= 4 is 17.7 Å². The summed E-state index contributed by atoms with van der Waals surface area (Å²) >= 11 is 1.83. The molecule has 1 saturated carbocycles. The average Bonchev–Trinajstić information content (AvgIpc) is 3.04. The van der Waals surface area contributed by atoms with Crippen LogP contribution in [0.15, 0.2) is 0 Å². The van der Waals surface area contributed by atoms with Gasteiger partial charge in [0, 0.05) is 19.0 Å². The second kappa shape index (κ2) is 7.12. The van der Waals surface area contributed by atoms with Gasteiger partial charge >= 0.3 is 0 Å². The van der Waals surface area contributed by atoms with Crippen molar-refractivity contribution < 1.29 is 4.79 Å². The SMILES string of the molecule is CSCCCCC(=O)NCC(N)C1CC1. The average molecular weight is 230 g/mol. The molecule has 1 amide bonds. The van der Waals surface area contributed by atoms with Gasteiger partial charge in [0.1, 0.15) is 0 Å². The summed E-state index contributed by atoms with van der Waals surface area (Å²) in [5.41, 5.74) is 5.89. The third-order valence-corrected chi connectivity index (χ3v) is 3.46. The van der Waals surface area contributed by atoms with Crippen LogP contribution in [-0.4, -0.2) is 30.5 Å². The predicted octanol–water partition coefficient (Wildman–Crippen LogP) is 1.37. The van der Waals surface area contributed by atoms with Gasteiger partial charge in [0.25, 0.3) is 0 Å². The fourth-order valence-electron chi connectivity index (χ4n) is 1.54. The first-order valence-electron chi connectivity index (χ1n) is 5.75. The lowest BCUT2D eigenvalue weighted by Gasteiger charge is -2.11. The molecule has 0 aromatic rings. The highest BCUT2D eigenvalue weighted by molar-refractivity contribution is 7.98. The topological polar surface area (TPSA) is 55.1 Å². The molecule has 1 atom stereocenters. The van der Waals surface area contributed by atoms with Gasteiger partial charge in [0.2, 0.25) is 5.91 Å². The van der Waals surface area contributed by atoms with E-state index in [0.29, 0.717) is 18.9 Å². The van der Waals surface area contributed by atoms with Crippen molar-refractivity contribution in [1.29, 1.82) is 0 Å². The second-order valence-corrected chi connectivity index (χ2v) is 5.24. The van der Waals surface area contributed by atoms with E-state index in [-0.39, 0.29) is 11.9 Å². The Kier molecular flexibility index (Phi) is 6.10. The van der Waals surface area contributed by atoms with Gasteiger partial charge in [-0.2, -0.15) is 11.8 Å². The van der Waals surface area contributed by atoms with E-state index in [0.717, 1.165) is 18.6 Å². The molecular formula is C11H22N2OS. The number of nitrogens with two attached hydrogens (primary N) is 1. The van der Waals surface area contributed by atoms with Crippen LogP contribution in [-0.2, 0) is 4.79 Å². The van der Waals surface area contributed by atoms with Crippen molar-refractivity contribution in [2.45, 2.75) is 38.1 Å². The van der Waals surface area contributed by atoms with Crippen molar-refractivity contribution in [1.82, 2.24) is 5.32 Å². The number of hydrogen-bond acceptors (Lipinski definition) is 3. The van der Waals surface area contributed by atoms with Gasteiger partial charge in [0.15, 0.2) is 0 Å². The number of thioether (sulfide) groups is 1. The summed E-state index contributed by atoms with van der Waals surface area (Å²) in [5, 5.41) is 2.91. The maximum atomic E-state index is 11.4. The predicted molar refractivity (Wildman–Crippen MR) is 65.9 cm³/mol.